The van der Waals surface area contributed by atoms with Crippen molar-refractivity contribution in [3.63, 3.8) is 0 Å². The van der Waals surface area contributed by atoms with Crippen LogP contribution < -0.4 is 4.74 Å². The van der Waals surface area contributed by atoms with Gasteiger partial charge in [0.05, 0.1) is 7.11 Å². The van der Waals surface area contributed by atoms with E-state index in [0.29, 0.717) is 0 Å². The Bertz CT molecular complexity index is 462. The van der Waals surface area contributed by atoms with Crippen molar-refractivity contribution >= 4 is 0 Å². The molecule has 0 saturated heterocycles. The zero-order valence-corrected chi connectivity index (χ0v) is 12.3. The predicted octanol–water partition coefficient (Wildman–Crippen LogP) is 4.15. The number of unbranched alkanes of at least 4 members (excludes halogenated alkanes) is 4. The molecular weight excluding hydrogens is 248 g/mol. The molecule has 108 valence electrons. The van der Waals surface area contributed by atoms with Crippen LogP contribution in [0.4, 0.5) is 0 Å². The van der Waals surface area contributed by atoms with E-state index in [0.717, 1.165) is 18.0 Å². The predicted molar refractivity (Wildman–Crippen MR) is 82.1 cm³/mol. The first-order chi connectivity index (χ1) is 9.88. The molecule has 0 spiro atoms. The molecule has 0 saturated carbocycles. The number of hydrogen-bond donors (Lipinski definition) is 1. The molecule has 0 aliphatic carbocycles. The van der Waals surface area contributed by atoms with E-state index in [4.69, 9.17) is 4.74 Å². The van der Waals surface area contributed by atoms with Crippen LogP contribution in [-0.2, 0) is 12.8 Å². The molecule has 1 aromatic carbocycles. The summed E-state index contributed by atoms with van der Waals surface area (Å²) >= 11 is 0. The van der Waals surface area contributed by atoms with Gasteiger partial charge in [-0.25, -0.2) is 4.98 Å². The summed E-state index contributed by atoms with van der Waals surface area (Å²) in [5, 5.41) is 0. The molecule has 0 aliphatic heterocycles. The van der Waals surface area contributed by atoms with Crippen LogP contribution in [-0.4, -0.2) is 17.1 Å². The maximum atomic E-state index is 5.16. The summed E-state index contributed by atoms with van der Waals surface area (Å²) in [5.41, 5.74) is 1.40. The second kappa shape index (κ2) is 8.41. The SMILES string of the molecule is COc1ccc(CCCCCCCc2ncc[nH]2)cc1. The smallest absolute Gasteiger partial charge is 0.118 e. The minimum Gasteiger partial charge on any atom is -0.497 e. The summed E-state index contributed by atoms with van der Waals surface area (Å²) in [7, 11) is 1.71. The standard InChI is InChI=1S/C17H24N2O/c1-20-16-11-9-15(10-12-16)7-5-3-2-4-6-8-17-18-13-14-19-17/h9-14H,2-8H2,1H3,(H,18,19). The van der Waals surface area contributed by atoms with E-state index < -0.39 is 0 Å². The Labute approximate surface area is 121 Å². The van der Waals surface area contributed by atoms with Gasteiger partial charge in [-0.15, -0.1) is 0 Å². The zero-order valence-electron chi connectivity index (χ0n) is 12.3. The summed E-state index contributed by atoms with van der Waals surface area (Å²) in [6.45, 7) is 0. The number of aromatic amines is 1. The van der Waals surface area contributed by atoms with Crippen molar-refractivity contribution in [1.29, 1.82) is 0 Å². The lowest BCUT2D eigenvalue weighted by Gasteiger charge is -2.04. The van der Waals surface area contributed by atoms with Crippen LogP contribution in [0.1, 0.15) is 43.5 Å². The first-order valence-electron chi connectivity index (χ1n) is 7.49. The molecule has 1 aromatic heterocycles. The topological polar surface area (TPSA) is 37.9 Å². The number of nitrogens with one attached hydrogen (secondary N) is 1. The highest BCUT2D eigenvalue weighted by atomic mass is 16.5. The summed E-state index contributed by atoms with van der Waals surface area (Å²) < 4.78 is 5.16. The van der Waals surface area contributed by atoms with Gasteiger partial charge in [-0.3, -0.25) is 0 Å². The van der Waals surface area contributed by atoms with Crippen LogP contribution in [0.15, 0.2) is 36.7 Å². The van der Waals surface area contributed by atoms with Gasteiger partial charge < -0.3 is 9.72 Å². The molecule has 0 unspecified atom stereocenters. The molecule has 0 aliphatic rings. The molecule has 3 nitrogen and oxygen atoms in total. The quantitative estimate of drug-likeness (QED) is 0.696. The normalized spacial score (nSPS) is 10.7. The summed E-state index contributed by atoms with van der Waals surface area (Å²) in [6, 6.07) is 8.41. The van der Waals surface area contributed by atoms with Gasteiger partial charge >= 0.3 is 0 Å². The Kier molecular flexibility index (Phi) is 6.15. The maximum Gasteiger partial charge on any atom is 0.118 e. The van der Waals surface area contributed by atoms with E-state index in [2.05, 4.69) is 22.1 Å². The van der Waals surface area contributed by atoms with E-state index in [-0.39, 0.29) is 0 Å². The Morgan fingerprint density at radius 1 is 0.950 bits per heavy atom. The number of ether oxygens (including phenoxy) is 1. The van der Waals surface area contributed by atoms with Crippen LogP contribution in [0.3, 0.4) is 0 Å². The van der Waals surface area contributed by atoms with Gasteiger partial charge in [-0.2, -0.15) is 0 Å². The number of aromatic nitrogens is 2. The molecule has 20 heavy (non-hydrogen) atoms. The van der Waals surface area contributed by atoms with E-state index in [1.54, 1.807) is 7.11 Å². The molecule has 3 heteroatoms. The largest absolute Gasteiger partial charge is 0.497 e. The van der Waals surface area contributed by atoms with Crippen molar-refractivity contribution < 1.29 is 4.74 Å². The lowest BCUT2D eigenvalue weighted by molar-refractivity contribution is 0.414. The van der Waals surface area contributed by atoms with E-state index in [1.807, 2.05) is 24.5 Å². The van der Waals surface area contributed by atoms with Crippen molar-refractivity contribution in [2.24, 2.45) is 0 Å². The van der Waals surface area contributed by atoms with Crippen molar-refractivity contribution in [3.05, 3.63) is 48.0 Å². The Morgan fingerprint density at radius 2 is 1.65 bits per heavy atom. The van der Waals surface area contributed by atoms with Gasteiger partial charge in [0.1, 0.15) is 11.6 Å². The fraction of sp³-hybridized carbons (Fsp3) is 0.471. The molecule has 2 rings (SSSR count). The Morgan fingerprint density at radius 3 is 2.30 bits per heavy atom. The number of aryl methyl sites for hydroxylation is 2. The second-order valence-corrected chi connectivity index (χ2v) is 5.15. The fourth-order valence-electron chi connectivity index (χ4n) is 2.38. The molecular formula is C17H24N2O. The third kappa shape index (κ3) is 5.08. The molecule has 0 fully saturated rings. The fourth-order valence-corrected chi connectivity index (χ4v) is 2.38. The van der Waals surface area contributed by atoms with Crippen molar-refractivity contribution in [2.75, 3.05) is 7.11 Å². The van der Waals surface area contributed by atoms with Crippen molar-refractivity contribution in [1.82, 2.24) is 9.97 Å². The number of nitrogens with zero attached hydrogens (tertiary/aromatic N) is 1. The molecule has 1 heterocycles. The number of H-pyrrole nitrogens is 1. The number of rotatable bonds is 9. The first-order valence-corrected chi connectivity index (χ1v) is 7.49. The van der Waals surface area contributed by atoms with E-state index >= 15 is 0 Å². The molecule has 0 radical (unpaired) electrons. The molecule has 0 bridgehead atoms. The van der Waals surface area contributed by atoms with Gasteiger partial charge in [0, 0.05) is 18.8 Å². The molecule has 1 N–H and O–H groups in total. The van der Waals surface area contributed by atoms with Gasteiger partial charge in [0.25, 0.3) is 0 Å². The van der Waals surface area contributed by atoms with Gasteiger partial charge in [0.15, 0.2) is 0 Å². The third-order valence-corrected chi connectivity index (χ3v) is 3.59. The van der Waals surface area contributed by atoms with Gasteiger partial charge in [0.2, 0.25) is 0 Å². The van der Waals surface area contributed by atoms with Crippen LogP contribution in [0.25, 0.3) is 0 Å². The number of hydrogen-bond acceptors (Lipinski definition) is 2. The minimum absolute atomic E-state index is 0.937. The Hall–Kier alpha value is -1.77. The average Bonchev–Trinajstić information content (AvgIpc) is 3.00. The van der Waals surface area contributed by atoms with Crippen LogP contribution >= 0.6 is 0 Å². The lowest BCUT2D eigenvalue weighted by atomic mass is 10.0. The summed E-state index contributed by atoms with van der Waals surface area (Å²) in [5.74, 6) is 2.05. The average molecular weight is 272 g/mol. The first kappa shape index (κ1) is 14.6. The minimum atomic E-state index is 0.937. The zero-order chi connectivity index (χ0) is 14.0. The van der Waals surface area contributed by atoms with Gasteiger partial charge in [-0.1, -0.05) is 31.4 Å². The maximum absolute atomic E-state index is 5.16. The van der Waals surface area contributed by atoms with Crippen molar-refractivity contribution in [3.8, 4) is 5.75 Å². The third-order valence-electron chi connectivity index (χ3n) is 3.59. The van der Waals surface area contributed by atoms with Crippen LogP contribution in [0, 0.1) is 0 Å². The van der Waals surface area contributed by atoms with Crippen LogP contribution in [0.5, 0.6) is 5.75 Å². The highest BCUT2D eigenvalue weighted by Crippen LogP contribution is 2.14. The molecule has 0 atom stereocenters. The number of imidazole rings is 1. The van der Waals surface area contributed by atoms with Gasteiger partial charge in [-0.05, 0) is 37.0 Å². The van der Waals surface area contributed by atoms with Crippen molar-refractivity contribution in [2.45, 2.75) is 44.9 Å². The van der Waals surface area contributed by atoms with E-state index in [1.165, 1.54) is 44.1 Å². The lowest BCUT2D eigenvalue weighted by Crippen LogP contribution is -1.90. The molecule has 0 amide bonds. The monoisotopic (exact) mass is 272 g/mol. The summed E-state index contributed by atoms with van der Waals surface area (Å²) in [6.07, 6.45) is 12.4. The highest BCUT2D eigenvalue weighted by Gasteiger charge is 1.97. The number of benzene rings is 1. The second-order valence-electron chi connectivity index (χ2n) is 5.15. The summed E-state index contributed by atoms with van der Waals surface area (Å²) in [4.78, 5) is 7.39. The Balaban J connectivity index is 1.50. The highest BCUT2D eigenvalue weighted by molar-refractivity contribution is 5.27. The number of methoxy groups -OCH3 is 1. The molecule has 2 aromatic rings. The van der Waals surface area contributed by atoms with Crippen LogP contribution in [0.2, 0.25) is 0 Å². The van der Waals surface area contributed by atoms with E-state index in [9.17, 15) is 0 Å².